The first kappa shape index (κ1) is 12.9. The van der Waals surface area contributed by atoms with Crippen LogP contribution < -0.4 is 5.32 Å². The lowest BCUT2D eigenvalue weighted by Gasteiger charge is -2.08. The Kier molecular flexibility index (Phi) is 3.78. The monoisotopic (exact) mass is 282 g/mol. The van der Waals surface area contributed by atoms with Crippen LogP contribution in [0.4, 0.5) is 5.95 Å². The minimum Gasteiger partial charge on any atom is -0.354 e. The van der Waals surface area contributed by atoms with Crippen LogP contribution in [0.5, 0.6) is 0 Å². The Morgan fingerprint density at radius 1 is 1.05 bits per heavy atom. The molecule has 100 valence electrons. The Bertz CT molecular complexity index is 715. The normalized spacial score (nSPS) is 10.7. The zero-order valence-electron chi connectivity index (χ0n) is 11.1. The zero-order valence-corrected chi connectivity index (χ0v) is 11.9. The maximum atomic E-state index is 4.61. The Morgan fingerprint density at radius 2 is 1.85 bits per heavy atom. The van der Waals surface area contributed by atoms with Gasteiger partial charge in [0.2, 0.25) is 5.95 Å². The van der Waals surface area contributed by atoms with E-state index < -0.39 is 0 Å². The zero-order chi connectivity index (χ0) is 13.8. The minimum absolute atomic E-state index is 0.669. The predicted octanol–water partition coefficient (Wildman–Crippen LogP) is 3.61. The van der Waals surface area contributed by atoms with Crippen LogP contribution in [-0.4, -0.2) is 21.5 Å². The van der Waals surface area contributed by atoms with Gasteiger partial charge in [0.1, 0.15) is 5.03 Å². The molecular formula is C15H14N4S. The summed E-state index contributed by atoms with van der Waals surface area (Å²) >= 11 is 1.63. The highest BCUT2D eigenvalue weighted by Crippen LogP contribution is 2.31. The molecule has 2 heterocycles. The number of hydrogen-bond acceptors (Lipinski definition) is 5. The van der Waals surface area contributed by atoms with Crippen LogP contribution in [0.25, 0.3) is 10.9 Å². The molecule has 3 aromatic rings. The molecule has 1 N–H and O–H groups in total. The lowest BCUT2D eigenvalue weighted by molar-refractivity contribution is 1.05. The Hall–Kier alpha value is -2.14. The third kappa shape index (κ3) is 2.72. The van der Waals surface area contributed by atoms with E-state index in [4.69, 9.17) is 0 Å². The minimum atomic E-state index is 0.669. The largest absolute Gasteiger partial charge is 0.354 e. The van der Waals surface area contributed by atoms with Gasteiger partial charge in [-0.3, -0.25) is 4.98 Å². The van der Waals surface area contributed by atoms with E-state index in [1.54, 1.807) is 24.2 Å². The van der Waals surface area contributed by atoms with Crippen molar-refractivity contribution in [2.45, 2.75) is 16.8 Å². The number of aromatic nitrogens is 3. The van der Waals surface area contributed by atoms with Crippen molar-refractivity contribution in [2.24, 2.45) is 0 Å². The van der Waals surface area contributed by atoms with Crippen LogP contribution >= 0.6 is 11.8 Å². The molecule has 0 radical (unpaired) electrons. The molecule has 0 saturated carbocycles. The van der Waals surface area contributed by atoms with E-state index in [1.807, 2.05) is 37.3 Å². The molecule has 0 bridgehead atoms. The van der Waals surface area contributed by atoms with E-state index in [-0.39, 0.29) is 0 Å². The third-order valence-corrected chi connectivity index (χ3v) is 3.78. The Balaban J connectivity index is 2.07. The molecule has 0 saturated heterocycles. The highest BCUT2D eigenvalue weighted by Gasteiger charge is 2.08. The van der Waals surface area contributed by atoms with E-state index >= 15 is 0 Å². The van der Waals surface area contributed by atoms with Gasteiger partial charge in [-0.15, -0.1) is 0 Å². The van der Waals surface area contributed by atoms with Crippen molar-refractivity contribution in [1.29, 1.82) is 0 Å². The van der Waals surface area contributed by atoms with Crippen LogP contribution in [0, 0.1) is 0 Å². The fourth-order valence-corrected chi connectivity index (χ4v) is 2.78. The van der Waals surface area contributed by atoms with Gasteiger partial charge in [-0.1, -0.05) is 30.0 Å². The molecule has 0 fully saturated rings. The second-order valence-electron chi connectivity index (χ2n) is 4.18. The number of hydrogen-bond donors (Lipinski definition) is 1. The first-order valence-corrected chi connectivity index (χ1v) is 7.27. The molecule has 0 aliphatic rings. The third-order valence-electron chi connectivity index (χ3n) is 2.77. The maximum Gasteiger partial charge on any atom is 0.224 e. The fraction of sp³-hybridized carbons (Fsp3) is 0.133. The van der Waals surface area contributed by atoms with E-state index in [1.165, 1.54) is 0 Å². The molecule has 4 nitrogen and oxygen atoms in total. The first-order valence-electron chi connectivity index (χ1n) is 6.45. The molecule has 1 aromatic carbocycles. The Morgan fingerprint density at radius 3 is 2.65 bits per heavy atom. The average molecular weight is 282 g/mol. The average Bonchev–Trinajstić information content (AvgIpc) is 2.49. The van der Waals surface area contributed by atoms with Crippen LogP contribution in [0.3, 0.4) is 0 Å². The van der Waals surface area contributed by atoms with Crippen molar-refractivity contribution in [1.82, 2.24) is 15.0 Å². The van der Waals surface area contributed by atoms with E-state index in [2.05, 4.69) is 26.3 Å². The second-order valence-corrected chi connectivity index (χ2v) is 5.25. The van der Waals surface area contributed by atoms with Crippen molar-refractivity contribution in [3.05, 3.63) is 48.8 Å². The number of benzene rings is 1. The fourth-order valence-electron chi connectivity index (χ4n) is 1.88. The van der Waals surface area contributed by atoms with Gasteiger partial charge < -0.3 is 5.32 Å². The number of rotatable bonds is 4. The molecule has 2 aromatic heterocycles. The summed E-state index contributed by atoms with van der Waals surface area (Å²) in [7, 11) is 0. The lowest BCUT2D eigenvalue weighted by atomic mass is 10.2. The number of pyridine rings is 1. The van der Waals surface area contributed by atoms with Crippen molar-refractivity contribution < 1.29 is 0 Å². The van der Waals surface area contributed by atoms with Crippen molar-refractivity contribution in [2.75, 3.05) is 11.9 Å². The number of para-hydroxylation sites is 1. The molecule has 0 aliphatic carbocycles. The van der Waals surface area contributed by atoms with Crippen LogP contribution in [0.15, 0.2) is 58.7 Å². The molecule has 20 heavy (non-hydrogen) atoms. The summed E-state index contributed by atoms with van der Waals surface area (Å²) in [6, 6.07) is 12.0. The first-order chi connectivity index (χ1) is 9.86. The van der Waals surface area contributed by atoms with Crippen LogP contribution in [-0.2, 0) is 0 Å². The number of nitrogens with zero attached hydrogens (tertiary/aromatic N) is 3. The van der Waals surface area contributed by atoms with Gasteiger partial charge >= 0.3 is 0 Å². The summed E-state index contributed by atoms with van der Waals surface area (Å²) in [5.74, 6) is 0.669. The van der Waals surface area contributed by atoms with E-state index in [0.29, 0.717) is 5.95 Å². The van der Waals surface area contributed by atoms with Gasteiger partial charge in [0.15, 0.2) is 0 Å². The van der Waals surface area contributed by atoms with Gasteiger partial charge in [-0.25, -0.2) is 9.97 Å². The molecule has 3 rings (SSSR count). The SMILES string of the molecule is CCNc1nc(Sc2ccncc2)c2ccccc2n1. The van der Waals surface area contributed by atoms with Gasteiger partial charge in [0, 0.05) is 29.2 Å². The summed E-state index contributed by atoms with van der Waals surface area (Å²) in [4.78, 5) is 14.3. The van der Waals surface area contributed by atoms with Gasteiger partial charge in [0.05, 0.1) is 5.52 Å². The van der Waals surface area contributed by atoms with Crippen LogP contribution in [0.1, 0.15) is 6.92 Å². The summed E-state index contributed by atoms with van der Waals surface area (Å²) in [5, 5.41) is 5.20. The molecule has 5 heteroatoms. The molecule has 0 aliphatic heterocycles. The highest BCUT2D eigenvalue weighted by atomic mass is 32.2. The lowest BCUT2D eigenvalue weighted by Crippen LogP contribution is -2.03. The summed E-state index contributed by atoms with van der Waals surface area (Å²) in [6.07, 6.45) is 3.58. The highest BCUT2D eigenvalue weighted by molar-refractivity contribution is 7.99. The summed E-state index contributed by atoms with van der Waals surface area (Å²) in [6.45, 7) is 2.84. The van der Waals surface area contributed by atoms with Gasteiger partial charge in [0.25, 0.3) is 0 Å². The van der Waals surface area contributed by atoms with Crippen molar-refractivity contribution >= 4 is 28.6 Å². The standard InChI is InChI=1S/C15H14N4S/c1-2-17-15-18-13-6-4-3-5-12(13)14(19-15)20-11-7-9-16-10-8-11/h3-10H,2H2,1H3,(H,17,18,19). The topological polar surface area (TPSA) is 50.7 Å². The summed E-state index contributed by atoms with van der Waals surface area (Å²) < 4.78 is 0. The number of anilines is 1. The quantitative estimate of drug-likeness (QED) is 0.741. The second kappa shape index (κ2) is 5.88. The van der Waals surface area contributed by atoms with Crippen molar-refractivity contribution in [3.8, 4) is 0 Å². The maximum absolute atomic E-state index is 4.61. The molecule has 0 unspecified atom stereocenters. The Labute approximate surface area is 121 Å². The van der Waals surface area contributed by atoms with Gasteiger partial charge in [-0.05, 0) is 25.1 Å². The molecular weight excluding hydrogens is 268 g/mol. The summed E-state index contributed by atoms with van der Waals surface area (Å²) in [5.41, 5.74) is 0.954. The number of nitrogens with one attached hydrogen (secondary N) is 1. The van der Waals surface area contributed by atoms with E-state index in [9.17, 15) is 0 Å². The predicted molar refractivity (Wildman–Crippen MR) is 82.1 cm³/mol. The van der Waals surface area contributed by atoms with Gasteiger partial charge in [-0.2, -0.15) is 0 Å². The molecule has 0 spiro atoms. The number of fused-ring (bicyclic) bond motifs is 1. The molecule has 0 amide bonds. The van der Waals surface area contributed by atoms with Crippen LogP contribution in [0.2, 0.25) is 0 Å². The molecule has 0 atom stereocenters. The van der Waals surface area contributed by atoms with Crippen molar-refractivity contribution in [3.63, 3.8) is 0 Å². The smallest absolute Gasteiger partial charge is 0.224 e. The van der Waals surface area contributed by atoms with E-state index in [0.717, 1.165) is 27.4 Å².